The zero-order valence-electron chi connectivity index (χ0n) is 22.2. The van der Waals surface area contributed by atoms with Crippen LogP contribution in [0.25, 0.3) is 0 Å². The van der Waals surface area contributed by atoms with Crippen molar-refractivity contribution in [3.05, 3.63) is 11.6 Å². The first-order valence-electron chi connectivity index (χ1n) is 13.7. The van der Waals surface area contributed by atoms with Gasteiger partial charge in [0.25, 0.3) is 0 Å². The fourth-order valence-corrected chi connectivity index (χ4v) is 10.5. The van der Waals surface area contributed by atoms with Crippen LogP contribution in [-0.2, 0) is 0 Å². The first-order chi connectivity index (χ1) is 14.6. The lowest BCUT2D eigenvalue weighted by atomic mass is 9.31. The van der Waals surface area contributed by atoms with Crippen molar-refractivity contribution in [2.45, 2.75) is 125 Å². The van der Waals surface area contributed by atoms with E-state index in [0.29, 0.717) is 34.0 Å². The molecular formula is C30H50O2. The van der Waals surface area contributed by atoms with E-state index in [4.69, 9.17) is 0 Å². The van der Waals surface area contributed by atoms with E-state index in [2.05, 4.69) is 61.5 Å². The van der Waals surface area contributed by atoms with Crippen molar-refractivity contribution in [3.8, 4) is 0 Å². The molecule has 5 aliphatic rings. The van der Waals surface area contributed by atoms with Gasteiger partial charge in [-0.3, -0.25) is 0 Å². The summed E-state index contributed by atoms with van der Waals surface area (Å²) in [6, 6.07) is 0. The molecule has 5 aliphatic carbocycles. The van der Waals surface area contributed by atoms with E-state index < -0.39 is 12.2 Å². The van der Waals surface area contributed by atoms with Gasteiger partial charge in [0.1, 0.15) is 0 Å². The number of fused-ring (bicyclic) bond motifs is 7. The van der Waals surface area contributed by atoms with Crippen LogP contribution in [0.4, 0.5) is 0 Å². The predicted molar refractivity (Wildman–Crippen MR) is 132 cm³/mol. The number of rotatable bonds is 0. The normalized spacial score (nSPS) is 56.2. The van der Waals surface area contributed by atoms with Crippen molar-refractivity contribution >= 4 is 0 Å². The lowest BCUT2D eigenvalue weighted by Crippen LogP contribution is -2.67. The first-order valence-corrected chi connectivity index (χ1v) is 13.7. The summed E-state index contributed by atoms with van der Waals surface area (Å²) in [5.41, 5.74) is 2.93. The predicted octanol–water partition coefficient (Wildman–Crippen LogP) is 7.14. The maximum absolute atomic E-state index is 11.4. The summed E-state index contributed by atoms with van der Waals surface area (Å²) in [6.07, 6.45) is 12.7. The molecule has 5 rings (SSSR count). The van der Waals surface area contributed by atoms with Crippen molar-refractivity contribution in [2.24, 2.45) is 50.2 Å². The Hall–Kier alpha value is -0.340. The minimum absolute atomic E-state index is 0.132. The Morgan fingerprint density at radius 1 is 0.750 bits per heavy atom. The molecule has 4 saturated carbocycles. The molecule has 9 atom stereocenters. The maximum atomic E-state index is 11.4. The Kier molecular flexibility index (Phi) is 4.87. The van der Waals surface area contributed by atoms with E-state index in [9.17, 15) is 10.2 Å². The molecule has 0 aromatic heterocycles. The smallest absolute Gasteiger partial charge is 0.0653 e. The summed E-state index contributed by atoms with van der Waals surface area (Å²) in [6.45, 7) is 19.9. The average Bonchev–Trinajstić information content (AvgIpc) is 2.69. The van der Waals surface area contributed by atoms with Gasteiger partial charge in [-0.15, -0.1) is 0 Å². The average molecular weight is 443 g/mol. The molecule has 0 bridgehead atoms. The first kappa shape index (κ1) is 23.4. The molecule has 0 spiro atoms. The molecule has 9 unspecified atom stereocenters. The van der Waals surface area contributed by atoms with Gasteiger partial charge in [0, 0.05) is 17.8 Å². The molecular weight excluding hydrogens is 392 g/mol. The molecule has 2 N–H and O–H groups in total. The molecule has 2 nitrogen and oxygen atoms in total. The second-order valence-electron chi connectivity index (χ2n) is 15.4. The Morgan fingerprint density at radius 3 is 2.03 bits per heavy atom. The number of aliphatic hydroxyl groups is 2. The zero-order valence-corrected chi connectivity index (χ0v) is 22.2. The minimum Gasteiger partial charge on any atom is -0.392 e. The Morgan fingerprint density at radius 2 is 1.34 bits per heavy atom. The van der Waals surface area contributed by atoms with Crippen LogP contribution in [0.5, 0.6) is 0 Å². The van der Waals surface area contributed by atoms with Crippen LogP contribution >= 0.6 is 0 Å². The lowest BCUT2D eigenvalue weighted by molar-refractivity contribution is -0.237. The minimum atomic E-state index is -0.440. The Balaban J connectivity index is 1.59. The second-order valence-corrected chi connectivity index (χ2v) is 15.4. The van der Waals surface area contributed by atoms with Gasteiger partial charge in [-0.2, -0.15) is 0 Å². The zero-order chi connectivity index (χ0) is 23.5. The van der Waals surface area contributed by atoms with E-state index >= 15 is 0 Å². The van der Waals surface area contributed by atoms with Crippen molar-refractivity contribution in [1.29, 1.82) is 0 Å². The highest BCUT2D eigenvalue weighted by Crippen LogP contribution is 2.77. The van der Waals surface area contributed by atoms with Crippen molar-refractivity contribution in [2.75, 3.05) is 0 Å². The second kappa shape index (κ2) is 6.66. The molecule has 0 radical (unpaired) electrons. The quantitative estimate of drug-likeness (QED) is 0.391. The van der Waals surface area contributed by atoms with Crippen molar-refractivity contribution in [3.63, 3.8) is 0 Å². The molecule has 4 fully saturated rings. The molecule has 182 valence electrons. The fourth-order valence-electron chi connectivity index (χ4n) is 10.5. The van der Waals surface area contributed by atoms with Gasteiger partial charge in [0.15, 0.2) is 0 Å². The fraction of sp³-hybridized carbons (Fsp3) is 0.933. The molecule has 0 heterocycles. The largest absolute Gasteiger partial charge is 0.392 e. The van der Waals surface area contributed by atoms with Gasteiger partial charge in [0.05, 0.1) is 12.2 Å². The van der Waals surface area contributed by atoms with Gasteiger partial charge in [-0.1, -0.05) is 67.0 Å². The van der Waals surface area contributed by atoms with Gasteiger partial charge in [-0.25, -0.2) is 0 Å². The highest BCUT2D eigenvalue weighted by atomic mass is 16.3. The monoisotopic (exact) mass is 442 g/mol. The number of hydrogen-bond acceptors (Lipinski definition) is 2. The highest BCUT2D eigenvalue weighted by molar-refractivity contribution is 5.32. The Labute approximate surface area is 197 Å². The highest BCUT2D eigenvalue weighted by Gasteiger charge is 2.69. The summed E-state index contributed by atoms with van der Waals surface area (Å²) >= 11 is 0. The van der Waals surface area contributed by atoms with E-state index in [1.165, 1.54) is 50.5 Å². The van der Waals surface area contributed by atoms with Crippen LogP contribution < -0.4 is 0 Å². The summed E-state index contributed by atoms with van der Waals surface area (Å²) in [4.78, 5) is 0. The van der Waals surface area contributed by atoms with Crippen LogP contribution in [-0.4, -0.2) is 22.4 Å². The number of allylic oxidation sites excluding steroid dienone is 1. The van der Waals surface area contributed by atoms with Gasteiger partial charge in [0.2, 0.25) is 0 Å². The maximum Gasteiger partial charge on any atom is 0.0653 e. The van der Waals surface area contributed by atoms with E-state index in [1.807, 2.05) is 0 Å². The third-order valence-corrected chi connectivity index (χ3v) is 13.1. The van der Waals surface area contributed by atoms with Crippen LogP contribution in [0.15, 0.2) is 11.6 Å². The summed E-state index contributed by atoms with van der Waals surface area (Å²) in [7, 11) is 0. The third-order valence-electron chi connectivity index (χ3n) is 13.1. The van der Waals surface area contributed by atoms with E-state index in [1.54, 1.807) is 0 Å². The lowest BCUT2D eigenvalue weighted by Gasteiger charge is -2.73. The van der Waals surface area contributed by atoms with Crippen LogP contribution in [0.2, 0.25) is 0 Å². The molecule has 0 aromatic rings. The third kappa shape index (κ3) is 2.78. The molecule has 0 amide bonds. The Bertz CT molecular complexity index is 825. The molecule has 2 heteroatoms. The van der Waals surface area contributed by atoms with Gasteiger partial charge >= 0.3 is 0 Å². The van der Waals surface area contributed by atoms with E-state index in [0.717, 1.165) is 12.3 Å². The summed E-state index contributed by atoms with van der Waals surface area (Å²) in [5, 5.41) is 22.2. The van der Waals surface area contributed by atoms with Gasteiger partial charge in [-0.05, 0) is 90.3 Å². The van der Waals surface area contributed by atoms with Crippen LogP contribution in [0.3, 0.4) is 0 Å². The SMILES string of the molecule is CC1(C)CCC2(C)CCC3(C)C4CC=C5C(C(O)CC(O)C5(C)C)C4(C)CCC3(C)C2C1. The topological polar surface area (TPSA) is 40.5 Å². The molecule has 0 aromatic carbocycles. The summed E-state index contributed by atoms with van der Waals surface area (Å²) < 4.78 is 0. The molecule has 0 aliphatic heterocycles. The molecule has 32 heavy (non-hydrogen) atoms. The van der Waals surface area contributed by atoms with Crippen LogP contribution in [0, 0.1) is 50.2 Å². The number of hydrogen-bond donors (Lipinski definition) is 2. The standard InChI is InChI=1S/C30H50O2/c1-25(2)11-12-27(5)13-15-29(7)21-10-9-19-24(20(31)17-23(32)26(19,3)4)28(21,6)14-16-30(29,8)22(27)18-25/h9,20-24,31-32H,10-18H2,1-8H3. The van der Waals surface area contributed by atoms with E-state index in [-0.39, 0.29) is 16.7 Å². The van der Waals surface area contributed by atoms with Crippen molar-refractivity contribution < 1.29 is 10.2 Å². The summed E-state index contributed by atoms with van der Waals surface area (Å²) in [5.74, 6) is 1.64. The van der Waals surface area contributed by atoms with Crippen LogP contribution in [0.1, 0.15) is 113 Å². The molecule has 0 saturated heterocycles. The number of aliphatic hydroxyl groups excluding tert-OH is 2. The van der Waals surface area contributed by atoms with Gasteiger partial charge < -0.3 is 10.2 Å². The van der Waals surface area contributed by atoms with Crippen molar-refractivity contribution in [1.82, 2.24) is 0 Å².